The predicted octanol–water partition coefficient (Wildman–Crippen LogP) is 0.421. The molecular formula is C13H20N2O3S. The molecule has 0 aromatic heterocycles. The summed E-state index contributed by atoms with van der Waals surface area (Å²) in [5, 5.41) is 10.1. The number of anilines is 1. The van der Waals surface area contributed by atoms with E-state index in [1.807, 2.05) is 11.9 Å². The van der Waals surface area contributed by atoms with Crippen LogP contribution in [0.3, 0.4) is 0 Å². The zero-order chi connectivity index (χ0) is 14.0. The predicted molar refractivity (Wildman–Crippen MR) is 75.5 cm³/mol. The van der Waals surface area contributed by atoms with E-state index in [1.165, 1.54) is 0 Å². The quantitative estimate of drug-likeness (QED) is 0.783. The van der Waals surface area contributed by atoms with Gasteiger partial charge in [-0.1, -0.05) is 12.1 Å². The molecule has 1 aromatic carbocycles. The highest BCUT2D eigenvalue weighted by atomic mass is 32.2. The number of hydrogen-bond acceptors (Lipinski definition) is 5. The molecule has 1 heterocycles. The van der Waals surface area contributed by atoms with Crippen molar-refractivity contribution < 1.29 is 13.5 Å². The van der Waals surface area contributed by atoms with Gasteiger partial charge in [0.2, 0.25) is 0 Å². The second-order valence-corrected chi connectivity index (χ2v) is 7.41. The van der Waals surface area contributed by atoms with Crippen molar-refractivity contribution in [3.8, 4) is 0 Å². The van der Waals surface area contributed by atoms with E-state index in [9.17, 15) is 13.5 Å². The lowest BCUT2D eigenvalue weighted by molar-refractivity contribution is 0.110. The van der Waals surface area contributed by atoms with Crippen LogP contribution in [-0.2, 0) is 9.84 Å². The fourth-order valence-corrected chi connectivity index (χ4v) is 4.17. The standard InChI is InChI=1S/C13H20N2O3S/c1-15(12-6-7-19(17,18)9-12)8-13(16)10-2-4-11(14)5-3-10/h2-5,12-13,16H,6-9,14H2,1H3/t12-,13-/m1/s1. The zero-order valence-electron chi connectivity index (χ0n) is 11.0. The molecule has 0 amide bonds. The number of aliphatic hydroxyl groups is 1. The molecule has 1 fully saturated rings. The molecule has 0 saturated carbocycles. The van der Waals surface area contributed by atoms with Gasteiger partial charge in [-0.25, -0.2) is 8.42 Å². The summed E-state index contributed by atoms with van der Waals surface area (Å²) in [5.74, 6) is 0.442. The van der Waals surface area contributed by atoms with Gasteiger partial charge in [0.25, 0.3) is 0 Å². The average molecular weight is 284 g/mol. The van der Waals surface area contributed by atoms with E-state index < -0.39 is 15.9 Å². The summed E-state index contributed by atoms with van der Waals surface area (Å²) in [5.41, 5.74) is 7.05. The van der Waals surface area contributed by atoms with Gasteiger partial charge in [0, 0.05) is 18.3 Å². The highest BCUT2D eigenvalue weighted by Gasteiger charge is 2.31. The second kappa shape index (κ2) is 5.48. The third kappa shape index (κ3) is 3.68. The Morgan fingerprint density at radius 1 is 1.42 bits per heavy atom. The summed E-state index contributed by atoms with van der Waals surface area (Å²) in [7, 11) is -1.03. The van der Waals surface area contributed by atoms with Crippen molar-refractivity contribution in [2.45, 2.75) is 18.6 Å². The number of hydrogen-bond donors (Lipinski definition) is 2. The molecular weight excluding hydrogens is 264 g/mol. The molecule has 1 aromatic rings. The minimum Gasteiger partial charge on any atom is -0.399 e. The number of likely N-dealkylation sites (N-methyl/N-ethyl adjacent to an activating group) is 1. The van der Waals surface area contributed by atoms with Crippen LogP contribution in [0.2, 0.25) is 0 Å². The van der Waals surface area contributed by atoms with E-state index in [-0.39, 0.29) is 17.5 Å². The Balaban J connectivity index is 1.95. The van der Waals surface area contributed by atoms with Crippen LogP contribution in [0.1, 0.15) is 18.1 Å². The first-order valence-corrected chi connectivity index (χ1v) is 8.14. The Labute approximate surface area is 113 Å². The van der Waals surface area contributed by atoms with Crippen LogP contribution >= 0.6 is 0 Å². The number of aliphatic hydroxyl groups excluding tert-OH is 1. The van der Waals surface area contributed by atoms with Crippen molar-refractivity contribution in [2.24, 2.45) is 0 Å². The largest absolute Gasteiger partial charge is 0.399 e. The third-order valence-electron chi connectivity index (χ3n) is 3.61. The second-order valence-electron chi connectivity index (χ2n) is 5.18. The molecule has 2 rings (SSSR count). The van der Waals surface area contributed by atoms with Crippen molar-refractivity contribution in [3.63, 3.8) is 0 Å². The molecule has 0 unspecified atom stereocenters. The van der Waals surface area contributed by atoms with E-state index in [0.29, 0.717) is 18.7 Å². The molecule has 0 spiro atoms. The summed E-state index contributed by atoms with van der Waals surface area (Å²) in [6.45, 7) is 0.421. The minimum atomic E-state index is -2.89. The molecule has 6 heteroatoms. The number of sulfone groups is 1. The molecule has 1 aliphatic heterocycles. The third-order valence-corrected chi connectivity index (χ3v) is 5.36. The van der Waals surface area contributed by atoms with Crippen LogP contribution in [0.5, 0.6) is 0 Å². The molecule has 106 valence electrons. The Kier molecular flexibility index (Phi) is 4.13. The molecule has 5 nitrogen and oxygen atoms in total. The van der Waals surface area contributed by atoms with E-state index in [0.717, 1.165) is 5.56 Å². The van der Waals surface area contributed by atoms with Gasteiger partial charge in [-0.15, -0.1) is 0 Å². The molecule has 0 bridgehead atoms. The first kappa shape index (κ1) is 14.3. The van der Waals surface area contributed by atoms with Gasteiger partial charge in [-0.2, -0.15) is 0 Å². The summed E-state index contributed by atoms with van der Waals surface area (Å²) in [4.78, 5) is 1.92. The number of rotatable bonds is 4. The van der Waals surface area contributed by atoms with Gasteiger partial charge < -0.3 is 10.8 Å². The Hall–Kier alpha value is -1.11. The fraction of sp³-hybridized carbons (Fsp3) is 0.538. The van der Waals surface area contributed by atoms with Gasteiger partial charge in [-0.05, 0) is 31.2 Å². The lowest BCUT2D eigenvalue weighted by Gasteiger charge is -2.25. The van der Waals surface area contributed by atoms with Gasteiger partial charge in [0.15, 0.2) is 9.84 Å². The molecule has 0 radical (unpaired) electrons. The van der Waals surface area contributed by atoms with Gasteiger partial charge in [0.1, 0.15) is 0 Å². The van der Waals surface area contributed by atoms with Crippen molar-refractivity contribution >= 4 is 15.5 Å². The Bertz CT molecular complexity index is 527. The maximum Gasteiger partial charge on any atom is 0.151 e. The topological polar surface area (TPSA) is 83.6 Å². The maximum atomic E-state index is 11.4. The fourth-order valence-electron chi connectivity index (χ4n) is 2.37. The lowest BCUT2D eigenvalue weighted by Crippen LogP contribution is -2.35. The smallest absolute Gasteiger partial charge is 0.151 e. The van der Waals surface area contributed by atoms with E-state index in [4.69, 9.17) is 5.73 Å². The Morgan fingerprint density at radius 3 is 2.58 bits per heavy atom. The Morgan fingerprint density at radius 2 is 2.05 bits per heavy atom. The van der Waals surface area contributed by atoms with Crippen LogP contribution in [0.25, 0.3) is 0 Å². The number of nitrogens with two attached hydrogens (primary N) is 1. The highest BCUT2D eigenvalue weighted by Crippen LogP contribution is 2.20. The van der Waals surface area contributed by atoms with Crippen molar-refractivity contribution in [2.75, 3.05) is 30.8 Å². The molecule has 1 aliphatic rings. The number of benzene rings is 1. The minimum absolute atomic E-state index is 0.00781. The van der Waals surface area contributed by atoms with E-state index in [1.54, 1.807) is 24.3 Å². The molecule has 3 N–H and O–H groups in total. The lowest BCUT2D eigenvalue weighted by atomic mass is 10.1. The highest BCUT2D eigenvalue weighted by molar-refractivity contribution is 7.91. The van der Waals surface area contributed by atoms with E-state index >= 15 is 0 Å². The molecule has 0 aliphatic carbocycles. The molecule has 1 saturated heterocycles. The number of nitrogen functional groups attached to an aromatic ring is 1. The summed E-state index contributed by atoms with van der Waals surface area (Å²) in [6.07, 6.45) is 0.0155. The van der Waals surface area contributed by atoms with E-state index in [2.05, 4.69) is 0 Å². The normalized spacial score (nSPS) is 23.6. The van der Waals surface area contributed by atoms with Crippen LogP contribution in [-0.4, -0.2) is 49.6 Å². The van der Waals surface area contributed by atoms with Gasteiger partial charge in [-0.3, -0.25) is 4.90 Å². The van der Waals surface area contributed by atoms with Crippen LogP contribution in [0, 0.1) is 0 Å². The van der Waals surface area contributed by atoms with Crippen LogP contribution < -0.4 is 5.73 Å². The van der Waals surface area contributed by atoms with Crippen LogP contribution in [0.15, 0.2) is 24.3 Å². The van der Waals surface area contributed by atoms with Gasteiger partial charge >= 0.3 is 0 Å². The summed E-state index contributed by atoms with van der Waals surface area (Å²) >= 11 is 0. The van der Waals surface area contributed by atoms with Gasteiger partial charge in [0.05, 0.1) is 17.6 Å². The van der Waals surface area contributed by atoms with Crippen molar-refractivity contribution in [1.82, 2.24) is 4.90 Å². The van der Waals surface area contributed by atoms with Crippen molar-refractivity contribution in [1.29, 1.82) is 0 Å². The molecule has 2 atom stereocenters. The maximum absolute atomic E-state index is 11.4. The van der Waals surface area contributed by atoms with Crippen molar-refractivity contribution in [3.05, 3.63) is 29.8 Å². The zero-order valence-corrected chi connectivity index (χ0v) is 11.8. The first-order valence-electron chi connectivity index (χ1n) is 6.31. The average Bonchev–Trinajstić information content (AvgIpc) is 2.70. The monoisotopic (exact) mass is 284 g/mol. The van der Waals surface area contributed by atoms with Crippen LogP contribution in [0.4, 0.5) is 5.69 Å². The number of nitrogens with zero attached hydrogens (tertiary/aromatic N) is 1. The summed E-state index contributed by atoms with van der Waals surface area (Å²) in [6, 6.07) is 7.09. The first-order chi connectivity index (χ1) is 8.87. The summed E-state index contributed by atoms with van der Waals surface area (Å²) < 4.78 is 22.9. The molecule has 19 heavy (non-hydrogen) atoms. The SMILES string of the molecule is CN(C[C@@H](O)c1ccc(N)cc1)[C@@H]1CCS(=O)(=O)C1.